The van der Waals surface area contributed by atoms with Gasteiger partial charge in [0, 0.05) is 43.0 Å². The first-order chi connectivity index (χ1) is 17.7. The van der Waals surface area contributed by atoms with Crippen LogP contribution in [0.1, 0.15) is 34.6 Å². The van der Waals surface area contributed by atoms with Crippen molar-refractivity contribution in [2.45, 2.75) is 24.9 Å². The van der Waals surface area contributed by atoms with Crippen molar-refractivity contribution < 1.29 is 27.4 Å². The van der Waals surface area contributed by atoms with Gasteiger partial charge < -0.3 is 19.4 Å². The zero-order chi connectivity index (χ0) is 26.6. The molecule has 0 aliphatic rings. The molecule has 37 heavy (non-hydrogen) atoms. The maximum atomic E-state index is 13.5. The minimum absolute atomic E-state index is 0.0333. The van der Waals surface area contributed by atoms with Gasteiger partial charge in [-0.3, -0.25) is 4.79 Å². The number of hydrogen-bond donors (Lipinski definition) is 1. The van der Waals surface area contributed by atoms with E-state index in [2.05, 4.69) is 4.98 Å². The van der Waals surface area contributed by atoms with E-state index >= 15 is 0 Å². The van der Waals surface area contributed by atoms with Gasteiger partial charge in [-0.25, -0.2) is 0 Å². The van der Waals surface area contributed by atoms with Crippen LogP contribution in [0.3, 0.4) is 0 Å². The van der Waals surface area contributed by atoms with Gasteiger partial charge in [0.2, 0.25) is 5.91 Å². The number of para-hydroxylation sites is 1. The van der Waals surface area contributed by atoms with Crippen LogP contribution in [0.25, 0.3) is 10.9 Å². The van der Waals surface area contributed by atoms with E-state index in [1.165, 1.54) is 6.07 Å². The largest absolute Gasteiger partial charge is 0.493 e. The van der Waals surface area contributed by atoms with Gasteiger partial charge in [0.25, 0.3) is 0 Å². The number of hydrogen-bond acceptors (Lipinski definition) is 3. The molecule has 0 radical (unpaired) electrons. The van der Waals surface area contributed by atoms with Gasteiger partial charge in [-0.15, -0.1) is 0 Å². The molecule has 4 aromatic rings. The zero-order valence-electron chi connectivity index (χ0n) is 20.9. The molecule has 0 spiro atoms. The van der Waals surface area contributed by atoms with E-state index < -0.39 is 17.7 Å². The van der Waals surface area contributed by atoms with E-state index in [1.807, 2.05) is 42.5 Å². The average molecular weight is 511 g/mol. The Morgan fingerprint density at radius 3 is 2.46 bits per heavy atom. The topological polar surface area (TPSA) is 54.6 Å². The van der Waals surface area contributed by atoms with Crippen molar-refractivity contribution >= 4 is 16.8 Å². The fourth-order valence-corrected chi connectivity index (χ4v) is 4.51. The number of carbonyl (C=O) groups is 1. The third-order valence-electron chi connectivity index (χ3n) is 6.60. The Morgan fingerprint density at radius 2 is 1.73 bits per heavy atom. The molecular weight excluding hydrogens is 481 g/mol. The number of H-pyrrole nitrogens is 1. The van der Waals surface area contributed by atoms with E-state index in [-0.39, 0.29) is 12.3 Å². The smallest absolute Gasteiger partial charge is 0.416 e. The number of halogens is 3. The van der Waals surface area contributed by atoms with Gasteiger partial charge in [-0.1, -0.05) is 42.5 Å². The quantitative estimate of drug-likeness (QED) is 0.282. The summed E-state index contributed by atoms with van der Waals surface area (Å²) in [5.74, 6) is 0.527. The number of nitrogens with one attached hydrogen (secondary N) is 1. The summed E-state index contributed by atoms with van der Waals surface area (Å²) in [4.78, 5) is 18.1. The number of alkyl halides is 3. The molecule has 1 amide bonds. The molecule has 1 heterocycles. The van der Waals surface area contributed by atoms with Gasteiger partial charge in [-0.2, -0.15) is 13.2 Å². The van der Waals surface area contributed by atoms with Crippen LogP contribution < -0.4 is 9.47 Å². The molecule has 0 bridgehead atoms. The van der Waals surface area contributed by atoms with E-state index in [4.69, 9.17) is 9.47 Å². The van der Waals surface area contributed by atoms with Crippen molar-refractivity contribution in [1.29, 1.82) is 0 Å². The summed E-state index contributed by atoms with van der Waals surface area (Å²) >= 11 is 0. The lowest BCUT2D eigenvalue weighted by atomic mass is 9.87. The molecule has 8 heteroatoms. The molecule has 0 aliphatic carbocycles. The summed E-state index contributed by atoms with van der Waals surface area (Å²) < 4.78 is 51.1. The Bertz CT molecular complexity index is 1380. The Labute approximate surface area is 213 Å². The van der Waals surface area contributed by atoms with Crippen molar-refractivity contribution in [2.24, 2.45) is 0 Å². The fraction of sp³-hybridized carbons (Fsp3) is 0.276. The summed E-state index contributed by atoms with van der Waals surface area (Å²) in [6.45, 7) is 0.442. The van der Waals surface area contributed by atoms with Crippen molar-refractivity contribution in [3.05, 3.63) is 95.2 Å². The van der Waals surface area contributed by atoms with Gasteiger partial charge in [0.15, 0.2) is 11.5 Å². The van der Waals surface area contributed by atoms with Gasteiger partial charge in [-0.05, 0) is 47.4 Å². The molecule has 1 unspecified atom stereocenters. The Kier molecular flexibility index (Phi) is 7.76. The first-order valence-electron chi connectivity index (χ1n) is 11.9. The molecule has 1 aromatic heterocycles. The number of nitrogens with zero attached hydrogens (tertiary/aromatic N) is 1. The molecule has 5 nitrogen and oxygen atoms in total. The SMILES string of the molecule is COc1ccc(CCN(C)C(=O)CC(c2cccc(C(F)(F)F)c2)c2c[nH]c3ccccc23)cc1OC. The summed E-state index contributed by atoms with van der Waals surface area (Å²) in [5.41, 5.74) is 2.34. The Balaban J connectivity index is 1.58. The maximum absolute atomic E-state index is 13.5. The third-order valence-corrected chi connectivity index (χ3v) is 6.60. The van der Waals surface area contributed by atoms with E-state index in [1.54, 1.807) is 38.4 Å². The van der Waals surface area contributed by atoms with E-state index in [0.717, 1.165) is 34.2 Å². The van der Waals surface area contributed by atoms with Crippen LogP contribution in [0.5, 0.6) is 11.5 Å². The van der Waals surface area contributed by atoms with Crippen molar-refractivity contribution in [2.75, 3.05) is 27.8 Å². The maximum Gasteiger partial charge on any atom is 0.416 e. The number of aromatic amines is 1. The fourth-order valence-electron chi connectivity index (χ4n) is 4.51. The van der Waals surface area contributed by atoms with Crippen LogP contribution in [-0.4, -0.2) is 43.6 Å². The number of carbonyl (C=O) groups excluding carboxylic acids is 1. The minimum Gasteiger partial charge on any atom is -0.493 e. The second-order valence-electron chi connectivity index (χ2n) is 8.92. The van der Waals surface area contributed by atoms with Crippen LogP contribution in [0, 0.1) is 0 Å². The van der Waals surface area contributed by atoms with Gasteiger partial charge in [0.1, 0.15) is 0 Å². The number of methoxy groups -OCH3 is 2. The third kappa shape index (κ3) is 5.90. The second-order valence-corrected chi connectivity index (χ2v) is 8.92. The molecule has 0 aliphatic heterocycles. The number of amides is 1. The normalized spacial score (nSPS) is 12.4. The van der Waals surface area contributed by atoms with Crippen LogP contribution in [0.15, 0.2) is 72.9 Å². The highest BCUT2D eigenvalue weighted by Gasteiger charge is 2.32. The summed E-state index contributed by atoms with van der Waals surface area (Å²) in [6.07, 6.45) is -2.07. The van der Waals surface area contributed by atoms with Crippen LogP contribution in [0.4, 0.5) is 13.2 Å². The highest BCUT2D eigenvalue weighted by Crippen LogP contribution is 2.37. The van der Waals surface area contributed by atoms with Crippen molar-refractivity contribution in [3.8, 4) is 11.5 Å². The zero-order valence-corrected chi connectivity index (χ0v) is 20.9. The van der Waals surface area contributed by atoms with Crippen LogP contribution >= 0.6 is 0 Å². The Hall–Kier alpha value is -3.94. The van der Waals surface area contributed by atoms with Crippen molar-refractivity contribution in [1.82, 2.24) is 9.88 Å². The molecule has 1 atom stereocenters. The number of benzene rings is 3. The Morgan fingerprint density at radius 1 is 0.973 bits per heavy atom. The monoisotopic (exact) mass is 510 g/mol. The first kappa shape index (κ1) is 26.1. The second kappa shape index (κ2) is 11.0. The molecule has 4 rings (SSSR count). The number of fused-ring (bicyclic) bond motifs is 1. The van der Waals surface area contributed by atoms with Crippen LogP contribution in [0.2, 0.25) is 0 Å². The average Bonchev–Trinajstić information content (AvgIpc) is 3.33. The van der Waals surface area contributed by atoms with E-state index in [0.29, 0.717) is 30.0 Å². The lowest BCUT2D eigenvalue weighted by Gasteiger charge is -2.23. The predicted octanol–water partition coefficient (Wildman–Crippen LogP) is 6.43. The minimum atomic E-state index is -4.47. The number of likely N-dealkylation sites (N-methyl/N-ethyl adjacent to an activating group) is 1. The lowest BCUT2D eigenvalue weighted by Crippen LogP contribution is -2.30. The molecule has 3 aromatic carbocycles. The van der Waals surface area contributed by atoms with E-state index in [9.17, 15) is 18.0 Å². The molecule has 0 fully saturated rings. The molecule has 194 valence electrons. The standard InChI is InChI=1S/C29H29F3N2O3/c1-34(14-13-19-11-12-26(36-2)27(15-19)37-3)28(35)17-23(20-7-6-8-21(16-20)29(30,31)32)24-18-33-25-10-5-4-9-22(24)25/h4-12,15-16,18,23,33H,13-14,17H2,1-3H3. The molecule has 1 N–H and O–H groups in total. The number of rotatable bonds is 9. The highest BCUT2D eigenvalue weighted by molar-refractivity contribution is 5.86. The number of ether oxygens (including phenoxy) is 2. The predicted molar refractivity (Wildman–Crippen MR) is 137 cm³/mol. The first-order valence-corrected chi connectivity index (χ1v) is 11.9. The summed E-state index contributed by atoms with van der Waals surface area (Å²) in [5, 5.41) is 0.880. The van der Waals surface area contributed by atoms with Crippen molar-refractivity contribution in [3.63, 3.8) is 0 Å². The molecule has 0 saturated carbocycles. The highest BCUT2D eigenvalue weighted by atomic mass is 19.4. The van der Waals surface area contributed by atoms with Gasteiger partial charge >= 0.3 is 6.18 Å². The number of aromatic nitrogens is 1. The van der Waals surface area contributed by atoms with Gasteiger partial charge in [0.05, 0.1) is 19.8 Å². The molecular formula is C29H29F3N2O3. The summed E-state index contributed by atoms with van der Waals surface area (Å²) in [7, 11) is 4.84. The summed E-state index contributed by atoms with van der Waals surface area (Å²) in [6, 6.07) is 18.4. The lowest BCUT2D eigenvalue weighted by molar-refractivity contribution is -0.137. The van der Waals surface area contributed by atoms with Crippen LogP contribution in [-0.2, 0) is 17.4 Å². The molecule has 0 saturated heterocycles.